The summed E-state index contributed by atoms with van der Waals surface area (Å²) in [5.41, 5.74) is 1.43. The number of nitrogens with zero attached hydrogens (tertiary/aromatic N) is 5. The number of rotatable bonds is 3. The molecule has 0 aliphatic heterocycles. The highest BCUT2D eigenvalue weighted by molar-refractivity contribution is 5.51. The van der Waals surface area contributed by atoms with Crippen molar-refractivity contribution in [3.8, 4) is 6.07 Å². The molecular formula is C12H11N5. The number of nitriles is 1. The van der Waals surface area contributed by atoms with Crippen LogP contribution in [-0.4, -0.2) is 22.2 Å². The molecule has 0 saturated heterocycles. The molecule has 0 N–H and O–H groups in total. The van der Waals surface area contributed by atoms with Crippen LogP contribution >= 0.6 is 0 Å². The van der Waals surface area contributed by atoms with E-state index in [9.17, 15) is 0 Å². The monoisotopic (exact) mass is 225 g/mol. The predicted molar refractivity (Wildman–Crippen MR) is 63.1 cm³/mol. The molecule has 0 aromatic carbocycles. The Morgan fingerprint density at radius 1 is 1.29 bits per heavy atom. The smallest absolute Gasteiger partial charge is 0.169 e. The lowest BCUT2D eigenvalue weighted by Gasteiger charge is -2.17. The highest BCUT2D eigenvalue weighted by atomic mass is 15.2. The topological polar surface area (TPSA) is 65.7 Å². The third-order valence-electron chi connectivity index (χ3n) is 2.31. The van der Waals surface area contributed by atoms with E-state index in [-0.39, 0.29) is 0 Å². The summed E-state index contributed by atoms with van der Waals surface area (Å²) in [6.45, 7) is 0.591. The molecule has 2 heterocycles. The Morgan fingerprint density at radius 3 is 2.88 bits per heavy atom. The van der Waals surface area contributed by atoms with Crippen molar-refractivity contribution in [3.05, 3.63) is 47.9 Å². The molecule has 2 rings (SSSR count). The van der Waals surface area contributed by atoms with Gasteiger partial charge in [-0.3, -0.25) is 4.98 Å². The Hall–Kier alpha value is -2.48. The summed E-state index contributed by atoms with van der Waals surface area (Å²) in [7, 11) is 1.86. The number of pyridine rings is 1. The summed E-state index contributed by atoms with van der Waals surface area (Å²) in [4.78, 5) is 6.08. The number of hydrogen-bond acceptors (Lipinski definition) is 5. The molecule has 0 spiro atoms. The van der Waals surface area contributed by atoms with E-state index in [1.165, 1.54) is 6.20 Å². The van der Waals surface area contributed by atoms with Gasteiger partial charge in [0.2, 0.25) is 0 Å². The number of anilines is 1. The van der Waals surface area contributed by atoms with Gasteiger partial charge in [-0.05, 0) is 18.2 Å². The van der Waals surface area contributed by atoms with Crippen LogP contribution in [0.2, 0.25) is 0 Å². The molecule has 0 radical (unpaired) electrons. The van der Waals surface area contributed by atoms with Crippen molar-refractivity contribution in [1.82, 2.24) is 15.2 Å². The molecule has 2 aromatic rings. The molecule has 5 nitrogen and oxygen atoms in total. The molecule has 2 aromatic heterocycles. The number of hydrogen-bond donors (Lipinski definition) is 0. The highest BCUT2D eigenvalue weighted by Gasteiger charge is 2.09. The van der Waals surface area contributed by atoms with Gasteiger partial charge in [0.15, 0.2) is 5.82 Å². The van der Waals surface area contributed by atoms with Crippen molar-refractivity contribution < 1.29 is 0 Å². The summed E-state index contributed by atoms with van der Waals surface area (Å²) in [5, 5.41) is 16.7. The maximum absolute atomic E-state index is 8.97. The van der Waals surface area contributed by atoms with Gasteiger partial charge < -0.3 is 4.90 Å². The number of aromatic nitrogens is 3. The summed E-state index contributed by atoms with van der Waals surface area (Å²) < 4.78 is 0. The molecular weight excluding hydrogens is 214 g/mol. The molecule has 0 unspecified atom stereocenters. The van der Waals surface area contributed by atoms with Crippen LogP contribution in [0.1, 0.15) is 11.3 Å². The van der Waals surface area contributed by atoms with Crippen LogP contribution in [0.4, 0.5) is 5.82 Å². The Bertz CT molecular complexity index is 532. The van der Waals surface area contributed by atoms with E-state index in [1.807, 2.05) is 30.1 Å². The lowest BCUT2D eigenvalue weighted by Crippen LogP contribution is -2.20. The van der Waals surface area contributed by atoms with Crippen LogP contribution < -0.4 is 4.90 Å². The van der Waals surface area contributed by atoms with Gasteiger partial charge in [0.25, 0.3) is 0 Å². The second-order valence-corrected chi connectivity index (χ2v) is 3.56. The first-order chi connectivity index (χ1) is 8.31. The zero-order valence-electron chi connectivity index (χ0n) is 9.41. The van der Waals surface area contributed by atoms with Crippen LogP contribution in [0.25, 0.3) is 0 Å². The molecule has 17 heavy (non-hydrogen) atoms. The van der Waals surface area contributed by atoms with Crippen molar-refractivity contribution in [3.63, 3.8) is 0 Å². The van der Waals surface area contributed by atoms with E-state index in [4.69, 9.17) is 5.26 Å². The first-order valence-electron chi connectivity index (χ1n) is 5.14. The molecule has 84 valence electrons. The van der Waals surface area contributed by atoms with Gasteiger partial charge in [-0.1, -0.05) is 6.07 Å². The van der Waals surface area contributed by atoms with Crippen LogP contribution in [0, 0.1) is 11.3 Å². The maximum atomic E-state index is 8.97. The fraction of sp³-hybridized carbons (Fsp3) is 0.167. The van der Waals surface area contributed by atoms with Gasteiger partial charge in [0.05, 0.1) is 24.0 Å². The Labute approximate surface area is 99.4 Å². The second-order valence-electron chi connectivity index (χ2n) is 3.56. The van der Waals surface area contributed by atoms with Crippen LogP contribution in [-0.2, 0) is 6.54 Å². The minimum atomic E-state index is 0.512. The van der Waals surface area contributed by atoms with Gasteiger partial charge in [-0.2, -0.15) is 10.4 Å². The first-order valence-corrected chi connectivity index (χ1v) is 5.14. The summed E-state index contributed by atoms with van der Waals surface area (Å²) in [6.07, 6.45) is 3.25. The van der Waals surface area contributed by atoms with Gasteiger partial charge in [0, 0.05) is 13.2 Å². The van der Waals surface area contributed by atoms with Crippen molar-refractivity contribution in [2.75, 3.05) is 11.9 Å². The van der Waals surface area contributed by atoms with Gasteiger partial charge >= 0.3 is 0 Å². The average Bonchev–Trinajstić information content (AvgIpc) is 2.40. The third-order valence-corrected chi connectivity index (χ3v) is 2.31. The predicted octanol–water partition coefficient (Wildman–Crippen LogP) is 1.38. The standard InChI is InChI=1S/C12H11N5/c1-17(9-11-4-2-3-6-14-11)12-10(8-13)5-7-15-16-12/h2-7H,9H2,1H3. The van der Waals surface area contributed by atoms with Gasteiger partial charge in [-0.25, -0.2) is 0 Å². The van der Waals surface area contributed by atoms with E-state index >= 15 is 0 Å². The molecule has 0 aliphatic rings. The van der Waals surface area contributed by atoms with Crippen molar-refractivity contribution >= 4 is 5.82 Å². The first kappa shape index (κ1) is 11.0. The van der Waals surface area contributed by atoms with E-state index in [0.717, 1.165) is 5.69 Å². The average molecular weight is 225 g/mol. The lowest BCUT2D eigenvalue weighted by atomic mass is 10.2. The quantitative estimate of drug-likeness (QED) is 0.789. The van der Waals surface area contributed by atoms with Gasteiger partial charge in [0.1, 0.15) is 6.07 Å². The normalized spacial score (nSPS) is 9.65. The summed E-state index contributed by atoms with van der Waals surface area (Å²) in [5.74, 6) is 0.570. The van der Waals surface area contributed by atoms with E-state index < -0.39 is 0 Å². The summed E-state index contributed by atoms with van der Waals surface area (Å²) in [6, 6.07) is 9.47. The van der Waals surface area contributed by atoms with Crippen LogP contribution in [0.15, 0.2) is 36.7 Å². The Morgan fingerprint density at radius 2 is 2.18 bits per heavy atom. The largest absolute Gasteiger partial charge is 0.351 e. The second kappa shape index (κ2) is 5.03. The Balaban J connectivity index is 2.21. The fourth-order valence-corrected chi connectivity index (χ4v) is 1.50. The zero-order valence-corrected chi connectivity index (χ0v) is 9.41. The molecule has 0 saturated carbocycles. The van der Waals surface area contributed by atoms with Crippen molar-refractivity contribution in [1.29, 1.82) is 5.26 Å². The minimum Gasteiger partial charge on any atom is -0.351 e. The van der Waals surface area contributed by atoms with E-state index in [2.05, 4.69) is 21.3 Å². The SMILES string of the molecule is CN(Cc1ccccn1)c1nnccc1C#N. The zero-order chi connectivity index (χ0) is 12.1. The molecule has 0 atom stereocenters. The summed E-state index contributed by atoms with van der Waals surface area (Å²) >= 11 is 0. The van der Waals surface area contributed by atoms with Gasteiger partial charge in [-0.15, -0.1) is 5.10 Å². The fourth-order valence-electron chi connectivity index (χ4n) is 1.50. The molecule has 0 aliphatic carbocycles. The molecule has 0 amide bonds. The van der Waals surface area contributed by atoms with Crippen molar-refractivity contribution in [2.45, 2.75) is 6.54 Å². The molecule has 0 fully saturated rings. The maximum Gasteiger partial charge on any atom is 0.169 e. The Kier molecular flexibility index (Phi) is 3.26. The lowest BCUT2D eigenvalue weighted by molar-refractivity contribution is 0.840. The molecule has 5 heteroatoms. The van der Waals surface area contributed by atoms with Crippen LogP contribution in [0.5, 0.6) is 0 Å². The highest BCUT2D eigenvalue weighted by Crippen LogP contribution is 2.15. The van der Waals surface area contributed by atoms with Crippen molar-refractivity contribution in [2.24, 2.45) is 0 Å². The minimum absolute atomic E-state index is 0.512. The third kappa shape index (κ3) is 2.55. The van der Waals surface area contributed by atoms with E-state index in [1.54, 1.807) is 12.3 Å². The molecule has 0 bridgehead atoms. The van der Waals surface area contributed by atoms with E-state index in [0.29, 0.717) is 17.9 Å². The van der Waals surface area contributed by atoms with Crippen LogP contribution in [0.3, 0.4) is 0 Å².